The molecule has 3 aromatic carbocycles. The van der Waals surface area contributed by atoms with E-state index >= 15 is 0 Å². The second-order valence-electron chi connectivity index (χ2n) is 11.1. The number of rotatable bonds is 7. The predicted molar refractivity (Wildman–Crippen MR) is 166 cm³/mol. The number of aromatic amines is 1. The maximum atomic E-state index is 10.9. The molecule has 1 aliphatic heterocycles. The second-order valence-corrected chi connectivity index (χ2v) is 11.1. The number of nitrogens with zero attached hydrogens (tertiary/aromatic N) is 2. The zero-order valence-corrected chi connectivity index (χ0v) is 24.4. The maximum Gasteiger partial charge on any atom is 0.138 e. The SMILES string of the molecule is C(=C\c1n[nH]c2ccccc12)/c1ccc(CN2CCCC2)cc1.CC(C)C(=O)C1CC1.COc1ccc(C)cc1. The molecule has 40 heavy (non-hydrogen) atoms. The summed E-state index contributed by atoms with van der Waals surface area (Å²) in [6.07, 6.45) is 9.20. The van der Waals surface area contributed by atoms with Crippen LogP contribution in [0, 0.1) is 18.8 Å². The number of Topliss-reactive ketones (excluding diaryl/α,β-unsaturated/α-hetero) is 1. The Balaban J connectivity index is 0.000000178. The van der Waals surface area contributed by atoms with Crippen LogP contribution in [0.1, 0.15) is 61.9 Å². The minimum absolute atomic E-state index is 0.266. The van der Waals surface area contributed by atoms with Crippen LogP contribution in [0.25, 0.3) is 23.1 Å². The van der Waals surface area contributed by atoms with Gasteiger partial charge in [-0.3, -0.25) is 14.8 Å². The van der Waals surface area contributed by atoms with Crippen LogP contribution in [0.4, 0.5) is 0 Å². The van der Waals surface area contributed by atoms with E-state index in [1.54, 1.807) is 7.11 Å². The third-order valence-electron chi connectivity index (χ3n) is 7.32. The summed E-state index contributed by atoms with van der Waals surface area (Å²) < 4.78 is 4.97. The number of para-hydroxylation sites is 1. The van der Waals surface area contributed by atoms with Gasteiger partial charge in [-0.05, 0) is 81.1 Å². The smallest absolute Gasteiger partial charge is 0.138 e. The Labute approximate surface area is 239 Å². The fraction of sp³-hybridized carbons (Fsp3) is 0.371. The molecule has 2 fully saturated rings. The molecule has 1 aromatic heterocycles. The molecule has 1 saturated heterocycles. The molecule has 0 radical (unpaired) electrons. The summed E-state index contributed by atoms with van der Waals surface area (Å²) in [6, 6.07) is 25.0. The second kappa shape index (κ2) is 14.6. The van der Waals surface area contributed by atoms with Crippen molar-refractivity contribution < 1.29 is 9.53 Å². The molecular formula is C35H43N3O2. The number of methoxy groups -OCH3 is 1. The summed E-state index contributed by atoms with van der Waals surface area (Å²) in [6.45, 7) is 9.57. The minimum Gasteiger partial charge on any atom is -0.497 e. The Morgan fingerprint density at radius 2 is 1.65 bits per heavy atom. The number of carbonyl (C=O) groups is 1. The van der Waals surface area contributed by atoms with Crippen LogP contribution < -0.4 is 4.74 Å². The Morgan fingerprint density at radius 1 is 0.975 bits per heavy atom. The van der Waals surface area contributed by atoms with Crippen LogP contribution >= 0.6 is 0 Å². The van der Waals surface area contributed by atoms with Gasteiger partial charge in [0, 0.05) is 23.8 Å². The van der Waals surface area contributed by atoms with E-state index in [-0.39, 0.29) is 5.92 Å². The third-order valence-corrected chi connectivity index (χ3v) is 7.32. The number of aromatic nitrogens is 2. The highest BCUT2D eigenvalue weighted by atomic mass is 16.5. The number of ether oxygens (including phenoxy) is 1. The fourth-order valence-electron chi connectivity index (χ4n) is 4.73. The lowest BCUT2D eigenvalue weighted by atomic mass is 10.1. The molecule has 1 N–H and O–H groups in total. The lowest BCUT2D eigenvalue weighted by Gasteiger charge is -2.14. The largest absolute Gasteiger partial charge is 0.497 e. The van der Waals surface area contributed by atoms with Gasteiger partial charge in [0.1, 0.15) is 11.5 Å². The van der Waals surface area contributed by atoms with Gasteiger partial charge in [-0.2, -0.15) is 5.10 Å². The summed E-state index contributed by atoms with van der Waals surface area (Å²) in [5, 5.41) is 8.61. The van der Waals surface area contributed by atoms with Crippen molar-refractivity contribution in [1.82, 2.24) is 15.1 Å². The fourth-order valence-corrected chi connectivity index (χ4v) is 4.73. The van der Waals surface area contributed by atoms with Crippen LogP contribution in [0.15, 0.2) is 72.8 Å². The molecular weight excluding hydrogens is 494 g/mol. The van der Waals surface area contributed by atoms with Gasteiger partial charge in [0.25, 0.3) is 0 Å². The molecule has 5 nitrogen and oxygen atoms in total. The zero-order chi connectivity index (χ0) is 28.3. The number of hydrogen-bond donors (Lipinski definition) is 1. The molecule has 0 atom stereocenters. The Bertz CT molecular complexity index is 1360. The van der Waals surface area contributed by atoms with Crippen molar-refractivity contribution in [3.05, 3.63) is 95.2 Å². The summed E-state index contributed by atoms with van der Waals surface area (Å²) in [7, 11) is 1.67. The first kappa shape index (κ1) is 29.3. The van der Waals surface area contributed by atoms with Crippen LogP contribution in [0.3, 0.4) is 0 Å². The first-order chi connectivity index (χ1) is 19.4. The van der Waals surface area contributed by atoms with E-state index < -0.39 is 0 Å². The molecule has 5 heteroatoms. The number of fused-ring (bicyclic) bond motifs is 1. The van der Waals surface area contributed by atoms with E-state index in [0.717, 1.165) is 41.7 Å². The first-order valence-corrected chi connectivity index (χ1v) is 14.5. The van der Waals surface area contributed by atoms with E-state index in [0.29, 0.717) is 11.7 Å². The normalized spacial score (nSPS) is 15.0. The third kappa shape index (κ3) is 8.92. The van der Waals surface area contributed by atoms with Crippen LogP contribution in [0.5, 0.6) is 5.75 Å². The Morgan fingerprint density at radius 3 is 2.25 bits per heavy atom. The van der Waals surface area contributed by atoms with Crippen molar-refractivity contribution in [3.8, 4) is 5.75 Å². The van der Waals surface area contributed by atoms with Gasteiger partial charge in [0.2, 0.25) is 0 Å². The van der Waals surface area contributed by atoms with E-state index in [2.05, 4.69) is 64.5 Å². The average Bonchev–Trinajstić information content (AvgIpc) is 3.55. The number of ketones is 1. The number of hydrogen-bond acceptors (Lipinski definition) is 4. The van der Waals surface area contributed by atoms with Gasteiger partial charge in [-0.1, -0.05) is 80.1 Å². The Kier molecular flexibility index (Phi) is 10.7. The van der Waals surface area contributed by atoms with Crippen LogP contribution in [0.2, 0.25) is 0 Å². The molecule has 0 unspecified atom stereocenters. The molecule has 2 heterocycles. The summed E-state index contributed by atoms with van der Waals surface area (Å²) in [4.78, 5) is 13.4. The molecule has 0 amide bonds. The predicted octanol–water partition coefficient (Wildman–Crippen LogP) is 7.95. The average molecular weight is 538 g/mol. The molecule has 0 spiro atoms. The van der Waals surface area contributed by atoms with Gasteiger partial charge in [0.05, 0.1) is 18.3 Å². The molecule has 1 aliphatic carbocycles. The van der Waals surface area contributed by atoms with Crippen molar-refractivity contribution in [1.29, 1.82) is 0 Å². The summed E-state index contributed by atoms with van der Waals surface area (Å²) in [5.74, 6) is 2.10. The maximum absolute atomic E-state index is 10.9. The molecule has 210 valence electrons. The number of benzene rings is 3. The van der Waals surface area contributed by atoms with Crippen molar-refractivity contribution in [2.45, 2.75) is 53.0 Å². The van der Waals surface area contributed by atoms with Crippen molar-refractivity contribution in [2.75, 3.05) is 20.2 Å². The lowest BCUT2D eigenvalue weighted by molar-refractivity contribution is -0.123. The highest BCUT2D eigenvalue weighted by molar-refractivity contribution is 5.89. The zero-order valence-electron chi connectivity index (χ0n) is 24.4. The quantitative estimate of drug-likeness (QED) is 0.260. The van der Waals surface area contributed by atoms with Gasteiger partial charge >= 0.3 is 0 Å². The van der Waals surface area contributed by atoms with E-state index in [9.17, 15) is 4.79 Å². The standard InChI is InChI=1S/C20H21N3.C8H10O.C7H12O/c1-2-6-19-18(5-1)20(22-21-19)12-11-16-7-9-17(10-8-16)15-23-13-3-4-14-23;1-7-3-5-8(9-2)6-4-7;1-5(2)7(8)6-3-4-6/h1-2,5-12H,3-4,13-15H2,(H,21,22);3-6H,1-2H3;5-6H,3-4H2,1-2H3/b12-11+;;. The van der Waals surface area contributed by atoms with Crippen molar-refractivity contribution in [3.63, 3.8) is 0 Å². The Hall–Kier alpha value is -3.70. The number of H-pyrrole nitrogens is 1. The number of carbonyl (C=O) groups excluding carboxylic acids is 1. The van der Waals surface area contributed by atoms with Gasteiger partial charge in [-0.15, -0.1) is 0 Å². The minimum atomic E-state index is 0.266. The molecule has 4 aromatic rings. The number of likely N-dealkylation sites (tertiary alicyclic amines) is 1. The highest BCUT2D eigenvalue weighted by Gasteiger charge is 2.30. The number of nitrogens with one attached hydrogen (secondary N) is 1. The van der Waals surface area contributed by atoms with Crippen molar-refractivity contribution >= 4 is 28.8 Å². The summed E-state index contributed by atoms with van der Waals surface area (Å²) >= 11 is 0. The first-order valence-electron chi connectivity index (χ1n) is 14.5. The van der Waals surface area contributed by atoms with Gasteiger partial charge in [0.15, 0.2) is 0 Å². The highest BCUT2D eigenvalue weighted by Crippen LogP contribution is 2.32. The van der Waals surface area contributed by atoms with Gasteiger partial charge in [-0.25, -0.2) is 0 Å². The van der Waals surface area contributed by atoms with Crippen LogP contribution in [-0.4, -0.2) is 41.1 Å². The van der Waals surface area contributed by atoms with E-state index in [1.807, 2.05) is 56.3 Å². The monoisotopic (exact) mass is 537 g/mol. The summed E-state index contributed by atoms with van der Waals surface area (Å²) in [5.41, 5.74) is 5.93. The molecule has 2 aliphatic rings. The van der Waals surface area contributed by atoms with Crippen LogP contribution in [-0.2, 0) is 11.3 Å². The molecule has 6 rings (SSSR count). The lowest BCUT2D eigenvalue weighted by Crippen LogP contribution is -2.18. The molecule has 0 bridgehead atoms. The van der Waals surface area contributed by atoms with E-state index in [4.69, 9.17) is 4.74 Å². The number of aryl methyl sites for hydroxylation is 1. The van der Waals surface area contributed by atoms with Gasteiger partial charge < -0.3 is 4.74 Å². The van der Waals surface area contributed by atoms with E-state index in [1.165, 1.54) is 42.6 Å². The molecule has 1 saturated carbocycles. The van der Waals surface area contributed by atoms with Crippen molar-refractivity contribution in [2.24, 2.45) is 11.8 Å². The topological polar surface area (TPSA) is 58.2 Å².